The molecule has 0 aromatic rings. The molecule has 31 heavy (non-hydrogen) atoms. The highest BCUT2D eigenvalue weighted by Gasteiger charge is 2.25. The molecule has 0 aliphatic carbocycles. The molecule has 0 rings (SSSR count). The summed E-state index contributed by atoms with van der Waals surface area (Å²) in [5, 5.41) is 8.28. The number of rotatable bonds is 25. The number of unbranched alkanes of at least 4 members (excludes halogenated alkanes) is 15. The van der Waals surface area contributed by atoms with Crippen LogP contribution in [0.15, 0.2) is 0 Å². The minimum Gasteiger partial charge on any atom is -0.302 e. The van der Waals surface area contributed by atoms with Crippen LogP contribution in [0.4, 0.5) is 0 Å². The van der Waals surface area contributed by atoms with Crippen molar-refractivity contribution in [1.82, 2.24) is 0 Å². The minimum absolute atomic E-state index is 0.237. The van der Waals surface area contributed by atoms with Crippen LogP contribution >= 0.6 is 7.82 Å². The topological polar surface area (TPSA) is 85.2 Å². The Bertz CT molecular complexity index is 408. The van der Waals surface area contributed by atoms with Crippen molar-refractivity contribution in [2.75, 3.05) is 13.2 Å². The molecule has 0 radical (unpaired) electrons. The summed E-state index contributed by atoms with van der Waals surface area (Å²) >= 11 is 0. The lowest BCUT2D eigenvalue weighted by Gasteiger charge is -2.19. The van der Waals surface area contributed by atoms with E-state index >= 15 is 0 Å². The molecule has 0 spiro atoms. The van der Waals surface area contributed by atoms with Gasteiger partial charge < -0.3 is 4.89 Å². The summed E-state index contributed by atoms with van der Waals surface area (Å²) < 4.78 is 22.7. The smallest absolute Gasteiger partial charge is 0.302 e. The normalized spacial score (nSPS) is 14.6. The number of hydrogen-bond acceptors (Lipinski definition) is 5. The highest BCUT2D eigenvalue weighted by atomic mass is 31.2. The monoisotopic (exact) mass is 466 g/mol. The molecule has 0 aliphatic rings. The second-order valence-electron chi connectivity index (χ2n) is 8.72. The molecule has 0 amide bonds. The van der Waals surface area contributed by atoms with Gasteiger partial charge in [-0.05, 0) is 25.7 Å². The molecule has 0 aromatic carbocycles. The van der Waals surface area contributed by atoms with E-state index < -0.39 is 7.82 Å². The van der Waals surface area contributed by atoms with Gasteiger partial charge in [-0.15, -0.1) is 0 Å². The van der Waals surface area contributed by atoms with Crippen molar-refractivity contribution in [3.63, 3.8) is 0 Å². The average Bonchev–Trinajstić information content (AvgIpc) is 2.75. The summed E-state index contributed by atoms with van der Waals surface area (Å²) in [6, 6.07) is 0. The second-order valence-corrected chi connectivity index (χ2v) is 10.1. The predicted molar refractivity (Wildman–Crippen MR) is 128 cm³/mol. The van der Waals surface area contributed by atoms with Gasteiger partial charge in [0.2, 0.25) is 0 Å². The van der Waals surface area contributed by atoms with Crippen LogP contribution in [0, 0.1) is 0 Å². The number of phosphoric ester groups is 1. The van der Waals surface area contributed by atoms with E-state index in [4.69, 9.17) is 14.3 Å². The van der Waals surface area contributed by atoms with Gasteiger partial charge in [-0.3, -0.25) is 14.3 Å². The van der Waals surface area contributed by atoms with E-state index in [1.165, 1.54) is 57.8 Å². The van der Waals surface area contributed by atoms with Crippen molar-refractivity contribution in [2.45, 2.75) is 142 Å². The van der Waals surface area contributed by atoms with Gasteiger partial charge in [0.1, 0.15) is 0 Å². The van der Waals surface area contributed by atoms with E-state index in [9.17, 15) is 9.46 Å². The predicted octanol–water partition coefficient (Wildman–Crippen LogP) is 8.43. The van der Waals surface area contributed by atoms with Gasteiger partial charge in [-0.2, -0.15) is 0 Å². The molecule has 2 unspecified atom stereocenters. The molecule has 0 heterocycles. The van der Waals surface area contributed by atoms with E-state index in [1.807, 2.05) is 6.92 Å². The summed E-state index contributed by atoms with van der Waals surface area (Å²) in [7, 11) is -3.96. The van der Waals surface area contributed by atoms with Gasteiger partial charge >= 0.3 is 7.82 Å². The molecular formula is C24H51O6P. The number of hydrogen-bond donors (Lipinski definition) is 2. The maximum atomic E-state index is 12.2. The number of phosphoric acid groups is 1. The van der Waals surface area contributed by atoms with E-state index in [2.05, 4.69) is 11.8 Å². The Labute approximate surface area is 192 Å². The molecule has 0 aliphatic heterocycles. The van der Waals surface area contributed by atoms with Gasteiger partial charge in [0.25, 0.3) is 0 Å². The van der Waals surface area contributed by atoms with Crippen LogP contribution in [0.3, 0.4) is 0 Å². The van der Waals surface area contributed by atoms with Crippen molar-refractivity contribution in [3.8, 4) is 0 Å². The fourth-order valence-electron chi connectivity index (χ4n) is 3.74. The molecule has 188 valence electrons. The molecule has 0 bridgehead atoms. The van der Waals surface area contributed by atoms with E-state index in [0.717, 1.165) is 57.8 Å². The van der Waals surface area contributed by atoms with Crippen LogP contribution in [0.25, 0.3) is 0 Å². The van der Waals surface area contributed by atoms with E-state index in [1.54, 1.807) is 0 Å². The van der Waals surface area contributed by atoms with Crippen molar-refractivity contribution in [1.29, 1.82) is 0 Å². The first kappa shape index (κ1) is 31.0. The van der Waals surface area contributed by atoms with Crippen LogP contribution in [0.5, 0.6) is 0 Å². The standard InChI is InChI=1S/C24H51O6P/c1-3-5-6-7-8-9-10-11-12-13-17-20-23-29-31(26,27)30-24(4-2)21-18-15-14-16-19-22-28-25/h24-25H,3-23H2,1-2H3,(H,26,27). The van der Waals surface area contributed by atoms with E-state index in [0.29, 0.717) is 13.0 Å². The SMILES string of the molecule is CCCCCCCCCCCCCCOP(=O)(O)OC(CC)CCCCCCCOO. The van der Waals surface area contributed by atoms with Crippen LogP contribution in [0.2, 0.25) is 0 Å². The van der Waals surface area contributed by atoms with Crippen molar-refractivity contribution in [2.24, 2.45) is 0 Å². The first-order valence-corrected chi connectivity index (χ1v) is 14.5. The third-order valence-electron chi connectivity index (χ3n) is 5.75. The van der Waals surface area contributed by atoms with Crippen molar-refractivity contribution < 1.29 is 28.7 Å². The van der Waals surface area contributed by atoms with Crippen LogP contribution in [-0.4, -0.2) is 29.5 Å². The van der Waals surface area contributed by atoms with Gasteiger partial charge in [-0.25, -0.2) is 9.45 Å². The Kier molecular flexibility index (Phi) is 23.2. The second kappa shape index (κ2) is 23.2. The lowest BCUT2D eigenvalue weighted by atomic mass is 10.1. The van der Waals surface area contributed by atoms with Crippen LogP contribution in [-0.2, 0) is 18.5 Å². The molecular weight excluding hydrogens is 415 g/mol. The first-order valence-electron chi connectivity index (χ1n) is 13.0. The fourth-order valence-corrected chi connectivity index (χ4v) is 4.79. The quantitative estimate of drug-likeness (QED) is 0.0608. The maximum absolute atomic E-state index is 12.2. The zero-order chi connectivity index (χ0) is 23.0. The Balaban J connectivity index is 3.59. The minimum atomic E-state index is -3.96. The Morgan fingerprint density at radius 1 is 0.677 bits per heavy atom. The maximum Gasteiger partial charge on any atom is 0.472 e. The third kappa shape index (κ3) is 23.0. The molecule has 6 nitrogen and oxygen atoms in total. The molecule has 0 aromatic heterocycles. The molecule has 0 saturated carbocycles. The first-order chi connectivity index (χ1) is 15.1. The lowest BCUT2D eigenvalue weighted by molar-refractivity contribution is -0.242. The Hall–Kier alpha value is 0.0300. The van der Waals surface area contributed by atoms with Crippen molar-refractivity contribution in [3.05, 3.63) is 0 Å². The highest BCUT2D eigenvalue weighted by Crippen LogP contribution is 2.45. The summed E-state index contributed by atoms with van der Waals surface area (Å²) in [6.07, 6.45) is 21.2. The average molecular weight is 467 g/mol. The summed E-state index contributed by atoms with van der Waals surface area (Å²) in [5.74, 6) is 0. The van der Waals surface area contributed by atoms with Gasteiger partial charge in [0.15, 0.2) is 0 Å². The van der Waals surface area contributed by atoms with Gasteiger partial charge in [0, 0.05) is 0 Å². The highest BCUT2D eigenvalue weighted by molar-refractivity contribution is 7.47. The summed E-state index contributed by atoms with van der Waals surface area (Å²) in [6.45, 7) is 4.89. The molecule has 2 N–H and O–H groups in total. The zero-order valence-electron chi connectivity index (χ0n) is 20.4. The fraction of sp³-hybridized carbons (Fsp3) is 1.00. The van der Waals surface area contributed by atoms with Gasteiger partial charge in [0.05, 0.1) is 19.3 Å². The van der Waals surface area contributed by atoms with Crippen molar-refractivity contribution >= 4 is 7.82 Å². The third-order valence-corrected chi connectivity index (χ3v) is 6.83. The summed E-state index contributed by atoms with van der Waals surface area (Å²) in [5.41, 5.74) is 0. The Morgan fingerprint density at radius 2 is 1.13 bits per heavy atom. The lowest BCUT2D eigenvalue weighted by Crippen LogP contribution is -2.11. The largest absolute Gasteiger partial charge is 0.472 e. The zero-order valence-corrected chi connectivity index (χ0v) is 21.3. The molecule has 0 saturated heterocycles. The van der Waals surface area contributed by atoms with Crippen LogP contribution < -0.4 is 0 Å². The molecule has 7 heteroatoms. The molecule has 2 atom stereocenters. The van der Waals surface area contributed by atoms with Crippen LogP contribution in [0.1, 0.15) is 136 Å². The summed E-state index contributed by atoms with van der Waals surface area (Å²) in [4.78, 5) is 14.0. The Morgan fingerprint density at radius 3 is 1.61 bits per heavy atom. The van der Waals surface area contributed by atoms with E-state index in [-0.39, 0.29) is 12.7 Å². The van der Waals surface area contributed by atoms with Gasteiger partial charge in [-0.1, -0.05) is 110 Å². The molecule has 0 fully saturated rings.